The van der Waals surface area contributed by atoms with E-state index < -0.39 is 12.1 Å². The van der Waals surface area contributed by atoms with Crippen LogP contribution >= 0.6 is 0 Å². The third kappa shape index (κ3) is 5.01. The number of hydrogen-bond acceptors (Lipinski definition) is 4. The van der Waals surface area contributed by atoms with Gasteiger partial charge in [0.05, 0.1) is 18.8 Å². The fourth-order valence-corrected chi connectivity index (χ4v) is 4.15. The Morgan fingerprint density at radius 2 is 1.83 bits per heavy atom. The molecule has 3 unspecified atom stereocenters. The van der Waals surface area contributed by atoms with Crippen LogP contribution in [0.5, 0.6) is 0 Å². The first-order valence-corrected chi connectivity index (χ1v) is 9.06. The Bertz CT molecular complexity index is 408. The van der Waals surface area contributed by atoms with Gasteiger partial charge in [0, 0.05) is 31.6 Å². The van der Waals surface area contributed by atoms with Gasteiger partial charge in [-0.2, -0.15) is 0 Å². The van der Waals surface area contributed by atoms with Crippen LogP contribution in [0.2, 0.25) is 0 Å². The van der Waals surface area contributed by atoms with Crippen LogP contribution in [-0.2, 0) is 14.3 Å². The standard InChI is InChI=1S/C18H30O5/c1-2-3-4-5-12(19)6-7-14-13(8-9-18(21)22)15-11-23-17(15)10-16(14)20/h13-17,20H,2-11H2,1H3,(H,21,22)/t13?,14-,15?,16-,17?/m1/s1. The van der Waals surface area contributed by atoms with Gasteiger partial charge in [0.15, 0.2) is 0 Å². The van der Waals surface area contributed by atoms with Crippen molar-refractivity contribution in [3.63, 3.8) is 0 Å². The maximum Gasteiger partial charge on any atom is 0.303 e. The Balaban J connectivity index is 1.87. The van der Waals surface area contributed by atoms with Gasteiger partial charge in [-0.1, -0.05) is 19.8 Å². The molecule has 0 aromatic heterocycles. The lowest BCUT2D eigenvalue weighted by atomic mass is 9.64. The van der Waals surface area contributed by atoms with Gasteiger partial charge in [-0.15, -0.1) is 0 Å². The number of fused-ring (bicyclic) bond motifs is 1. The van der Waals surface area contributed by atoms with Crippen LogP contribution in [0.3, 0.4) is 0 Å². The maximum absolute atomic E-state index is 12.0. The summed E-state index contributed by atoms with van der Waals surface area (Å²) in [6.45, 7) is 2.79. The van der Waals surface area contributed by atoms with Crippen LogP contribution in [0.4, 0.5) is 0 Å². The van der Waals surface area contributed by atoms with Crippen molar-refractivity contribution >= 4 is 11.8 Å². The maximum atomic E-state index is 12.0. The first-order valence-electron chi connectivity index (χ1n) is 9.06. The fraction of sp³-hybridized carbons (Fsp3) is 0.889. The normalized spacial score (nSPS) is 32.9. The molecule has 1 aliphatic carbocycles. The van der Waals surface area contributed by atoms with Gasteiger partial charge >= 0.3 is 5.97 Å². The smallest absolute Gasteiger partial charge is 0.303 e. The van der Waals surface area contributed by atoms with Crippen LogP contribution in [0, 0.1) is 17.8 Å². The molecule has 0 bridgehead atoms. The molecule has 2 N–H and O–H groups in total. The molecule has 0 radical (unpaired) electrons. The van der Waals surface area contributed by atoms with E-state index in [0.717, 1.165) is 19.3 Å². The molecule has 5 heteroatoms. The quantitative estimate of drug-likeness (QED) is 0.603. The van der Waals surface area contributed by atoms with E-state index in [1.807, 2.05) is 0 Å². The summed E-state index contributed by atoms with van der Waals surface area (Å²) in [5.41, 5.74) is 0. The van der Waals surface area contributed by atoms with E-state index in [0.29, 0.717) is 44.6 Å². The molecule has 2 aliphatic rings. The minimum atomic E-state index is -0.795. The average Bonchev–Trinajstić information content (AvgIpc) is 2.48. The number of ether oxygens (including phenoxy) is 1. The second kappa shape index (κ2) is 8.78. The number of aliphatic hydroxyl groups is 1. The average molecular weight is 326 g/mol. The van der Waals surface area contributed by atoms with E-state index in [1.54, 1.807) is 0 Å². The van der Waals surface area contributed by atoms with E-state index in [9.17, 15) is 14.7 Å². The van der Waals surface area contributed by atoms with Crippen molar-refractivity contribution in [2.75, 3.05) is 6.61 Å². The van der Waals surface area contributed by atoms with Crippen molar-refractivity contribution in [2.45, 2.75) is 76.9 Å². The van der Waals surface area contributed by atoms with Crippen molar-refractivity contribution in [1.29, 1.82) is 0 Å². The molecule has 1 saturated carbocycles. The second-order valence-electron chi connectivity index (χ2n) is 7.13. The molecule has 5 atom stereocenters. The summed E-state index contributed by atoms with van der Waals surface area (Å²) >= 11 is 0. The molecule has 1 heterocycles. The van der Waals surface area contributed by atoms with Crippen LogP contribution in [-0.4, -0.2) is 40.8 Å². The molecule has 1 saturated heterocycles. The molecule has 0 aromatic rings. The highest BCUT2D eigenvalue weighted by atomic mass is 16.5. The summed E-state index contributed by atoms with van der Waals surface area (Å²) in [6.07, 6.45) is 5.90. The molecule has 2 rings (SSSR count). The molecule has 5 nitrogen and oxygen atoms in total. The molecule has 0 amide bonds. The summed E-state index contributed by atoms with van der Waals surface area (Å²) < 4.78 is 5.51. The number of carbonyl (C=O) groups excluding carboxylic acids is 1. The van der Waals surface area contributed by atoms with Crippen LogP contribution in [0.15, 0.2) is 0 Å². The highest BCUT2D eigenvalue weighted by molar-refractivity contribution is 5.78. The number of carboxylic acid groups (broad SMARTS) is 1. The van der Waals surface area contributed by atoms with E-state index in [1.165, 1.54) is 0 Å². The molecule has 2 fully saturated rings. The number of carboxylic acids is 1. The summed E-state index contributed by atoms with van der Waals surface area (Å²) in [5, 5.41) is 19.4. The number of rotatable bonds is 10. The van der Waals surface area contributed by atoms with Crippen molar-refractivity contribution in [3.05, 3.63) is 0 Å². The number of ketones is 1. The van der Waals surface area contributed by atoms with Gasteiger partial charge < -0.3 is 14.9 Å². The van der Waals surface area contributed by atoms with E-state index in [4.69, 9.17) is 9.84 Å². The lowest BCUT2D eigenvalue weighted by Crippen LogP contribution is -2.55. The Labute approximate surface area is 138 Å². The molecule has 0 spiro atoms. The highest BCUT2D eigenvalue weighted by Gasteiger charge is 2.48. The van der Waals surface area contributed by atoms with Gasteiger partial charge in [-0.25, -0.2) is 0 Å². The largest absolute Gasteiger partial charge is 0.481 e. The van der Waals surface area contributed by atoms with Crippen molar-refractivity contribution in [2.24, 2.45) is 17.8 Å². The number of Topliss-reactive ketones (excluding diaryl/α,β-unsaturated/α-hetero) is 1. The predicted octanol–water partition coefficient (Wildman–Crippen LogP) is 2.79. The Morgan fingerprint density at radius 3 is 2.43 bits per heavy atom. The van der Waals surface area contributed by atoms with Crippen LogP contribution in [0.25, 0.3) is 0 Å². The van der Waals surface area contributed by atoms with Crippen molar-refractivity contribution in [1.82, 2.24) is 0 Å². The van der Waals surface area contributed by atoms with E-state index in [2.05, 4.69) is 6.92 Å². The topological polar surface area (TPSA) is 83.8 Å². The van der Waals surface area contributed by atoms with Gasteiger partial charge in [0.2, 0.25) is 0 Å². The first-order chi connectivity index (χ1) is 11.0. The van der Waals surface area contributed by atoms with Gasteiger partial charge in [-0.05, 0) is 31.1 Å². The van der Waals surface area contributed by atoms with Gasteiger partial charge in [-0.3, -0.25) is 9.59 Å². The zero-order valence-corrected chi connectivity index (χ0v) is 14.1. The van der Waals surface area contributed by atoms with E-state index >= 15 is 0 Å². The predicted molar refractivity (Wildman–Crippen MR) is 86.1 cm³/mol. The summed E-state index contributed by atoms with van der Waals surface area (Å²) in [4.78, 5) is 22.9. The molecule has 23 heavy (non-hydrogen) atoms. The SMILES string of the molecule is CCCCCC(=O)CC[C@@H]1C(CCC(=O)O)C2COC2C[C@H]1O. The number of hydrogen-bond donors (Lipinski definition) is 2. The fourth-order valence-electron chi connectivity index (χ4n) is 4.15. The zero-order chi connectivity index (χ0) is 16.8. The summed E-state index contributed by atoms with van der Waals surface area (Å²) in [6, 6.07) is 0. The Morgan fingerprint density at radius 1 is 1.09 bits per heavy atom. The number of aliphatic hydroxyl groups excluding tert-OH is 1. The number of carbonyl (C=O) groups is 2. The second-order valence-corrected chi connectivity index (χ2v) is 7.13. The highest BCUT2D eigenvalue weighted by Crippen LogP contribution is 2.46. The summed E-state index contributed by atoms with van der Waals surface area (Å²) in [5.74, 6) is 0.0375. The Kier molecular flexibility index (Phi) is 7.03. The zero-order valence-electron chi connectivity index (χ0n) is 14.1. The Hall–Kier alpha value is -0.940. The first kappa shape index (κ1) is 18.4. The molecule has 0 aromatic carbocycles. The lowest BCUT2D eigenvalue weighted by Gasteiger charge is -2.51. The van der Waals surface area contributed by atoms with Crippen molar-refractivity contribution < 1.29 is 24.5 Å². The lowest BCUT2D eigenvalue weighted by molar-refractivity contribution is -0.201. The van der Waals surface area contributed by atoms with E-state index in [-0.39, 0.29) is 30.1 Å². The summed E-state index contributed by atoms with van der Waals surface area (Å²) in [7, 11) is 0. The van der Waals surface area contributed by atoms with Gasteiger partial charge in [0.1, 0.15) is 5.78 Å². The minimum Gasteiger partial charge on any atom is -0.481 e. The van der Waals surface area contributed by atoms with Crippen LogP contribution in [0.1, 0.15) is 64.7 Å². The molecule has 1 aliphatic heterocycles. The molecular formula is C18H30O5. The molecular weight excluding hydrogens is 296 g/mol. The van der Waals surface area contributed by atoms with Crippen LogP contribution < -0.4 is 0 Å². The van der Waals surface area contributed by atoms with Gasteiger partial charge in [0.25, 0.3) is 0 Å². The monoisotopic (exact) mass is 326 g/mol. The number of aliphatic carboxylic acids is 1. The minimum absolute atomic E-state index is 0.0367. The molecule has 132 valence electrons. The third-order valence-corrected chi connectivity index (χ3v) is 5.56. The number of unbranched alkanes of at least 4 members (excludes halogenated alkanes) is 2. The van der Waals surface area contributed by atoms with Crippen molar-refractivity contribution in [3.8, 4) is 0 Å². The third-order valence-electron chi connectivity index (χ3n) is 5.56.